The summed E-state index contributed by atoms with van der Waals surface area (Å²) in [6, 6.07) is 8.20. The molecule has 0 bridgehead atoms. The van der Waals surface area contributed by atoms with Crippen molar-refractivity contribution in [2.45, 2.75) is 19.9 Å². The summed E-state index contributed by atoms with van der Waals surface area (Å²) in [6.45, 7) is 4.05. The Bertz CT molecular complexity index is 457. The van der Waals surface area contributed by atoms with Crippen molar-refractivity contribution in [3.8, 4) is 5.69 Å². The van der Waals surface area contributed by atoms with E-state index in [9.17, 15) is 0 Å². The number of aryl methyl sites for hydroxylation is 1. The molecule has 2 rings (SSSR count). The van der Waals surface area contributed by atoms with Crippen LogP contribution in [0.5, 0.6) is 0 Å². The Balaban J connectivity index is 2.55. The predicted molar refractivity (Wildman–Crippen MR) is 60.9 cm³/mol. The van der Waals surface area contributed by atoms with E-state index >= 15 is 0 Å². The van der Waals surface area contributed by atoms with Crippen LogP contribution in [-0.2, 0) is 0 Å². The maximum atomic E-state index is 5.89. The van der Waals surface area contributed by atoms with Gasteiger partial charge in [0.05, 0.1) is 18.2 Å². The normalized spacial score (nSPS) is 12.7. The minimum Gasteiger partial charge on any atom is -0.323 e. The number of para-hydroxylation sites is 1. The molecule has 1 aromatic heterocycles. The Morgan fingerprint density at radius 2 is 2.07 bits per heavy atom. The minimum absolute atomic E-state index is 0.00731. The molecule has 0 saturated heterocycles. The van der Waals surface area contributed by atoms with E-state index in [1.807, 2.05) is 29.8 Å². The maximum Gasteiger partial charge on any atom is 0.0994 e. The quantitative estimate of drug-likeness (QED) is 0.809. The standard InChI is InChI=1S/C12H15N3/c1-9-5-3-4-6-11(9)15-8-14-7-12(15)10(2)13/h3-8,10H,13H2,1-2H3/t10-/m0/s1. The van der Waals surface area contributed by atoms with Gasteiger partial charge < -0.3 is 10.3 Å². The average molecular weight is 201 g/mol. The molecule has 1 atom stereocenters. The molecule has 0 radical (unpaired) electrons. The highest BCUT2D eigenvalue weighted by molar-refractivity contribution is 5.41. The van der Waals surface area contributed by atoms with Crippen LogP contribution in [0.1, 0.15) is 24.2 Å². The summed E-state index contributed by atoms with van der Waals surface area (Å²) >= 11 is 0. The summed E-state index contributed by atoms with van der Waals surface area (Å²) in [5.74, 6) is 0. The third-order valence-corrected chi connectivity index (χ3v) is 2.51. The average Bonchev–Trinajstić information content (AvgIpc) is 2.67. The number of benzene rings is 1. The van der Waals surface area contributed by atoms with Gasteiger partial charge in [-0.2, -0.15) is 0 Å². The fraction of sp³-hybridized carbons (Fsp3) is 0.250. The molecule has 15 heavy (non-hydrogen) atoms. The fourth-order valence-corrected chi connectivity index (χ4v) is 1.68. The van der Waals surface area contributed by atoms with Crippen molar-refractivity contribution in [2.75, 3.05) is 0 Å². The number of aromatic nitrogens is 2. The van der Waals surface area contributed by atoms with E-state index in [4.69, 9.17) is 5.73 Å². The van der Waals surface area contributed by atoms with Crippen molar-refractivity contribution in [3.05, 3.63) is 48.0 Å². The molecule has 0 spiro atoms. The minimum atomic E-state index is -0.00731. The molecule has 0 aliphatic carbocycles. The highest BCUT2D eigenvalue weighted by atomic mass is 15.1. The molecule has 0 fully saturated rings. The molecule has 78 valence electrons. The lowest BCUT2D eigenvalue weighted by Crippen LogP contribution is -2.11. The molecular weight excluding hydrogens is 186 g/mol. The second-order valence-corrected chi connectivity index (χ2v) is 3.76. The van der Waals surface area contributed by atoms with Gasteiger partial charge in [0.25, 0.3) is 0 Å². The highest BCUT2D eigenvalue weighted by Gasteiger charge is 2.09. The van der Waals surface area contributed by atoms with Crippen LogP contribution in [-0.4, -0.2) is 9.55 Å². The van der Waals surface area contributed by atoms with Gasteiger partial charge in [0.15, 0.2) is 0 Å². The lowest BCUT2D eigenvalue weighted by atomic mass is 10.2. The number of hydrogen-bond acceptors (Lipinski definition) is 2. The first-order valence-corrected chi connectivity index (χ1v) is 5.04. The molecule has 0 aliphatic heterocycles. The van der Waals surface area contributed by atoms with E-state index in [-0.39, 0.29) is 6.04 Å². The zero-order valence-corrected chi connectivity index (χ0v) is 9.01. The SMILES string of the molecule is Cc1ccccc1-n1cncc1[C@H](C)N. The van der Waals surface area contributed by atoms with Crippen molar-refractivity contribution in [2.24, 2.45) is 5.73 Å². The van der Waals surface area contributed by atoms with Crippen LogP contribution in [0.4, 0.5) is 0 Å². The summed E-state index contributed by atoms with van der Waals surface area (Å²) in [6.07, 6.45) is 3.62. The van der Waals surface area contributed by atoms with E-state index in [0.717, 1.165) is 11.4 Å². The van der Waals surface area contributed by atoms with Gasteiger partial charge in [-0.3, -0.25) is 0 Å². The second-order valence-electron chi connectivity index (χ2n) is 3.76. The van der Waals surface area contributed by atoms with E-state index in [2.05, 4.69) is 24.0 Å². The zero-order valence-electron chi connectivity index (χ0n) is 9.01. The van der Waals surface area contributed by atoms with Gasteiger partial charge in [-0.05, 0) is 25.5 Å². The van der Waals surface area contributed by atoms with Gasteiger partial charge in [0, 0.05) is 11.7 Å². The molecule has 0 saturated carbocycles. The summed E-state index contributed by atoms with van der Waals surface area (Å²) in [7, 11) is 0. The van der Waals surface area contributed by atoms with Crippen LogP contribution in [0.15, 0.2) is 36.8 Å². The summed E-state index contributed by atoms with van der Waals surface area (Å²) in [5, 5.41) is 0. The van der Waals surface area contributed by atoms with E-state index in [1.165, 1.54) is 5.56 Å². The molecule has 1 aromatic carbocycles. The number of rotatable bonds is 2. The molecule has 1 heterocycles. The van der Waals surface area contributed by atoms with Crippen LogP contribution >= 0.6 is 0 Å². The zero-order chi connectivity index (χ0) is 10.8. The van der Waals surface area contributed by atoms with Gasteiger partial charge in [0.1, 0.15) is 0 Å². The molecule has 0 aliphatic rings. The monoisotopic (exact) mass is 201 g/mol. The molecule has 0 unspecified atom stereocenters. The van der Waals surface area contributed by atoms with Crippen molar-refractivity contribution >= 4 is 0 Å². The van der Waals surface area contributed by atoms with Gasteiger partial charge in [-0.15, -0.1) is 0 Å². The molecule has 2 N–H and O–H groups in total. The Kier molecular flexibility index (Phi) is 2.56. The highest BCUT2D eigenvalue weighted by Crippen LogP contribution is 2.18. The van der Waals surface area contributed by atoms with Crippen LogP contribution < -0.4 is 5.73 Å². The van der Waals surface area contributed by atoms with Crippen LogP contribution in [0.3, 0.4) is 0 Å². The first-order valence-electron chi connectivity index (χ1n) is 5.04. The Morgan fingerprint density at radius 1 is 1.33 bits per heavy atom. The van der Waals surface area contributed by atoms with Crippen LogP contribution in [0.25, 0.3) is 5.69 Å². The molecule has 3 nitrogen and oxygen atoms in total. The van der Waals surface area contributed by atoms with Crippen molar-refractivity contribution < 1.29 is 0 Å². The molecule has 2 aromatic rings. The second kappa shape index (κ2) is 3.87. The van der Waals surface area contributed by atoms with Gasteiger partial charge >= 0.3 is 0 Å². The van der Waals surface area contributed by atoms with Gasteiger partial charge in [-0.1, -0.05) is 18.2 Å². The van der Waals surface area contributed by atoms with E-state index < -0.39 is 0 Å². The topological polar surface area (TPSA) is 43.8 Å². The number of nitrogens with two attached hydrogens (primary N) is 1. The number of hydrogen-bond donors (Lipinski definition) is 1. The lowest BCUT2D eigenvalue weighted by molar-refractivity contribution is 0.751. The molecule has 0 amide bonds. The van der Waals surface area contributed by atoms with Crippen molar-refractivity contribution in [1.29, 1.82) is 0 Å². The lowest BCUT2D eigenvalue weighted by Gasteiger charge is -2.12. The maximum absolute atomic E-state index is 5.89. The molecule has 3 heteroatoms. The van der Waals surface area contributed by atoms with Crippen molar-refractivity contribution in [1.82, 2.24) is 9.55 Å². The summed E-state index contributed by atoms with van der Waals surface area (Å²) in [4.78, 5) is 4.14. The first kappa shape index (κ1) is 9.93. The Labute approximate surface area is 89.6 Å². The number of nitrogens with zero attached hydrogens (tertiary/aromatic N) is 2. The van der Waals surface area contributed by atoms with Crippen molar-refractivity contribution in [3.63, 3.8) is 0 Å². The Morgan fingerprint density at radius 3 is 2.73 bits per heavy atom. The number of imidazole rings is 1. The van der Waals surface area contributed by atoms with Gasteiger partial charge in [-0.25, -0.2) is 4.98 Å². The third-order valence-electron chi connectivity index (χ3n) is 2.51. The van der Waals surface area contributed by atoms with E-state index in [1.54, 1.807) is 6.33 Å². The van der Waals surface area contributed by atoms with Crippen LogP contribution in [0.2, 0.25) is 0 Å². The molecular formula is C12H15N3. The fourth-order valence-electron chi connectivity index (χ4n) is 1.68. The van der Waals surface area contributed by atoms with Gasteiger partial charge in [0.2, 0.25) is 0 Å². The van der Waals surface area contributed by atoms with Crippen LogP contribution in [0, 0.1) is 6.92 Å². The predicted octanol–water partition coefficient (Wildman–Crippen LogP) is 2.20. The van der Waals surface area contributed by atoms with E-state index in [0.29, 0.717) is 0 Å². The third kappa shape index (κ3) is 1.78. The first-order chi connectivity index (χ1) is 7.20. The summed E-state index contributed by atoms with van der Waals surface area (Å²) in [5.41, 5.74) is 9.28. The smallest absolute Gasteiger partial charge is 0.0994 e. The largest absolute Gasteiger partial charge is 0.323 e. The Hall–Kier alpha value is -1.61. The summed E-state index contributed by atoms with van der Waals surface area (Å²) < 4.78 is 2.04.